The summed E-state index contributed by atoms with van der Waals surface area (Å²) in [7, 11) is -5.85. The Morgan fingerprint density at radius 3 is 1.39 bits per heavy atom. The van der Waals surface area contributed by atoms with Crippen molar-refractivity contribution in [2.24, 2.45) is 0 Å². The zero-order valence-corrected chi connectivity index (χ0v) is 15.5. The normalized spacial score (nSPS) is 16.3. The van der Waals surface area contributed by atoms with Crippen molar-refractivity contribution >= 4 is 51.6 Å². The Kier molecular flexibility index (Phi) is 12.0. The molecule has 7 nitrogen and oxygen atoms in total. The molecular formula is C12H11F12NaO7S. The Bertz CT molecular complexity index is 783. The first kappa shape index (κ1) is 34.2. The summed E-state index contributed by atoms with van der Waals surface area (Å²) in [6, 6.07) is 0. The summed E-state index contributed by atoms with van der Waals surface area (Å²) < 4.78 is 187. The first-order valence-corrected chi connectivity index (χ1v) is 8.89. The van der Waals surface area contributed by atoms with Gasteiger partial charge in [-0.3, -0.25) is 14.1 Å². The molecule has 1 N–H and O–H groups in total. The van der Waals surface area contributed by atoms with E-state index in [1.807, 2.05) is 0 Å². The minimum atomic E-state index is -6.15. The second-order valence-corrected chi connectivity index (χ2v) is 7.41. The van der Waals surface area contributed by atoms with Crippen LogP contribution < -0.4 is 0 Å². The van der Waals surface area contributed by atoms with Crippen molar-refractivity contribution in [3.63, 3.8) is 0 Å². The van der Waals surface area contributed by atoms with Gasteiger partial charge in [-0.25, -0.2) is 8.78 Å². The summed E-state index contributed by atoms with van der Waals surface area (Å²) in [6.07, 6.45) is -24.1. The average molecular weight is 550 g/mol. The molecule has 33 heavy (non-hydrogen) atoms. The van der Waals surface area contributed by atoms with Crippen molar-refractivity contribution in [2.45, 2.75) is 48.2 Å². The monoisotopic (exact) mass is 550 g/mol. The number of carbonyl (C=O) groups is 2. The summed E-state index contributed by atoms with van der Waals surface area (Å²) in [6.45, 7) is -5.42. The van der Waals surface area contributed by atoms with Gasteiger partial charge < -0.3 is 9.47 Å². The molecule has 21 heteroatoms. The van der Waals surface area contributed by atoms with E-state index in [4.69, 9.17) is 4.55 Å². The van der Waals surface area contributed by atoms with E-state index in [0.29, 0.717) is 0 Å². The van der Waals surface area contributed by atoms with Gasteiger partial charge in [0.05, 0.1) is 6.42 Å². The number of alkyl halides is 12. The van der Waals surface area contributed by atoms with E-state index in [1.54, 1.807) is 0 Å². The molecule has 0 saturated carbocycles. The van der Waals surface area contributed by atoms with Crippen LogP contribution in [0.2, 0.25) is 0 Å². The molecule has 0 heterocycles. The standard InChI is InChI=1S/C12H10F12O7S.Na.H/c13-7(11(19,20)21)9(15,16)2-30-5(25)1-4(32(27,28)29)6(26)31-3-10(17,18)8(14)12(22,23)24;;/h4,7-8H,1-3H2,(H,27,28,29);;. The second kappa shape index (κ2) is 11.6. The molecule has 0 saturated heterocycles. The van der Waals surface area contributed by atoms with Gasteiger partial charge in [0.25, 0.3) is 22.5 Å². The van der Waals surface area contributed by atoms with E-state index in [9.17, 15) is 70.7 Å². The quantitative estimate of drug-likeness (QED) is 0.192. The van der Waals surface area contributed by atoms with Crippen LogP contribution in [0.5, 0.6) is 0 Å². The van der Waals surface area contributed by atoms with Crippen LogP contribution in [0.1, 0.15) is 6.42 Å². The van der Waals surface area contributed by atoms with Crippen LogP contribution >= 0.6 is 0 Å². The van der Waals surface area contributed by atoms with Gasteiger partial charge in [0.1, 0.15) is 0 Å². The molecule has 0 fully saturated rings. The number of ether oxygens (including phenoxy) is 2. The van der Waals surface area contributed by atoms with Crippen LogP contribution in [0.3, 0.4) is 0 Å². The molecule has 0 rings (SSSR count). The van der Waals surface area contributed by atoms with Crippen molar-refractivity contribution in [3.8, 4) is 0 Å². The molecule has 0 aromatic carbocycles. The Labute approximate surface area is 197 Å². The number of hydrogen-bond donors (Lipinski definition) is 1. The molecule has 0 aliphatic carbocycles. The Morgan fingerprint density at radius 2 is 1.09 bits per heavy atom. The Balaban J connectivity index is 0. The van der Waals surface area contributed by atoms with Crippen LogP contribution in [0.25, 0.3) is 0 Å². The van der Waals surface area contributed by atoms with E-state index >= 15 is 0 Å². The SMILES string of the molecule is O=C(CC(C(=O)OCC(F)(F)C(F)C(F)(F)F)S(=O)(=O)O)OCC(F)(F)C(F)C(F)(F)F.[NaH]. The van der Waals surface area contributed by atoms with E-state index < -0.39 is 83.5 Å². The van der Waals surface area contributed by atoms with Crippen molar-refractivity contribution < 1.29 is 84.7 Å². The van der Waals surface area contributed by atoms with Gasteiger partial charge in [-0.1, -0.05) is 0 Å². The van der Waals surface area contributed by atoms with Crippen molar-refractivity contribution in [2.75, 3.05) is 13.2 Å². The van der Waals surface area contributed by atoms with Crippen molar-refractivity contribution in [1.29, 1.82) is 0 Å². The summed E-state index contributed by atoms with van der Waals surface area (Å²) in [5.41, 5.74) is 0. The van der Waals surface area contributed by atoms with Crippen molar-refractivity contribution in [1.82, 2.24) is 0 Å². The number of hydrogen-bond acceptors (Lipinski definition) is 6. The number of rotatable bonds is 10. The predicted molar refractivity (Wildman–Crippen MR) is 80.8 cm³/mol. The fourth-order valence-electron chi connectivity index (χ4n) is 1.58. The van der Waals surface area contributed by atoms with Gasteiger partial charge in [-0.05, 0) is 0 Å². The molecule has 0 spiro atoms. The number of halogens is 12. The average Bonchev–Trinajstić information content (AvgIpc) is 2.58. The van der Waals surface area contributed by atoms with Crippen LogP contribution in [-0.2, 0) is 29.2 Å². The molecule has 0 amide bonds. The van der Waals surface area contributed by atoms with Gasteiger partial charge in [0, 0.05) is 0 Å². The first-order chi connectivity index (χ1) is 13.9. The summed E-state index contributed by atoms with van der Waals surface area (Å²) in [5, 5.41) is -3.31. The van der Waals surface area contributed by atoms with E-state index in [0.717, 1.165) is 0 Å². The fourth-order valence-corrected chi connectivity index (χ4v) is 2.24. The molecular weight excluding hydrogens is 539 g/mol. The third-order valence-electron chi connectivity index (χ3n) is 3.12. The second-order valence-electron chi connectivity index (χ2n) is 5.81. The molecule has 0 aromatic heterocycles. The van der Waals surface area contributed by atoms with Crippen molar-refractivity contribution in [3.05, 3.63) is 0 Å². The molecule has 0 aromatic rings. The summed E-state index contributed by atoms with van der Waals surface area (Å²) in [5.74, 6) is -15.8. The van der Waals surface area contributed by atoms with Gasteiger partial charge in [-0.15, -0.1) is 0 Å². The molecule has 0 aliphatic heterocycles. The van der Waals surface area contributed by atoms with E-state index in [2.05, 4.69) is 9.47 Å². The van der Waals surface area contributed by atoms with Crippen LogP contribution in [0.4, 0.5) is 52.7 Å². The molecule has 0 bridgehead atoms. The number of esters is 2. The van der Waals surface area contributed by atoms with E-state index in [1.165, 1.54) is 0 Å². The van der Waals surface area contributed by atoms with Crippen LogP contribution in [0, 0.1) is 0 Å². The zero-order valence-electron chi connectivity index (χ0n) is 14.7. The third kappa shape index (κ3) is 10.9. The molecule has 0 aliphatic rings. The van der Waals surface area contributed by atoms with Gasteiger partial charge in [-0.2, -0.15) is 52.3 Å². The molecule has 192 valence electrons. The third-order valence-corrected chi connectivity index (χ3v) is 4.20. The Hall–Kier alpha value is -0.990. The summed E-state index contributed by atoms with van der Waals surface area (Å²) >= 11 is 0. The summed E-state index contributed by atoms with van der Waals surface area (Å²) in [4.78, 5) is 22.7. The fraction of sp³-hybridized carbons (Fsp3) is 0.833. The maximum atomic E-state index is 13.0. The number of carbonyl (C=O) groups excluding carboxylic acids is 2. The topological polar surface area (TPSA) is 107 Å². The van der Waals surface area contributed by atoms with Gasteiger partial charge >= 0.3 is 65.7 Å². The molecule has 3 atom stereocenters. The zero-order chi connectivity index (χ0) is 25.9. The molecule has 0 radical (unpaired) electrons. The van der Waals surface area contributed by atoms with Gasteiger partial charge in [0.15, 0.2) is 18.5 Å². The minimum absolute atomic E-state index is 0. The predicted octanol–water partition coefficient (Wildman–Crippen LogP) is 2.14. The Morgan fingerprint density at radius 1 is 0.758 bits per heavy atom. The first-order valence-electron chi connectivity index (χ1n) is 7.38. The maximum absolute atomic E-state index is 13.0. The van der Waals surface area contributed by atoms with Gasteiger partial charge in [0.2, 0.25) is 0 Å². The van der Waals surface area contributed by atoms with E-state index in [-0.39, 0.29) is 29.6 Å². The van der Waals surface area contributed by atoms with Crippen LogP contribution in [0.15, 0.2) is 0 Å². The molecule has 3 unspecified atom stereocenters. The van der Waals surface area contributed by atoms with Crippen LogP contribution in [-0.4, -0.2) is 109 Å².